The summed E-state index contributed by atoms with van der Waals surface area (Å²) >= 11 is 0. The third-order valence-electron chi connectivity index (χ3n) is 3.27. The van der Waals surface area contributed by atoms with E-state index < -0.39 is 6.03 Å². The number of aromatic nitrogens is 1. The molecule has 1 aromatic carbocycles. The van der Waals surface area contributed by atoms with Crippen LogP contribution in [0.5, 0.6) is 0 Å². The van der Waals surface area contributed by atoms with Crippen LogP contribution in [0, 0.1) is 0 Å². The highest BCUT2D eigenvalue weighted by atomic mass is 16.2. The number of amides is 1. The van der Waals surface area contributed by atoms with Crippen molar-refractivity contribution in [2.75, 3.05) is 0 Å². The Hall–Kier alpha value is -2.36. The van der Waals surface area contributed by atoms with Crippen LogP contribution in [0.4, 0.5) is 4.79 Å². The van der Waals surface area contributed by atoms with Crippen molar-refractivity contribution in [2.45, 2.75) is 12.8 Å². The van der Waals surface area contributed by atoms with E-state index in [4.69, 9.17) is 5.73 Å². The summed E-state index contributed by atoms with van der Waals surface area (Å²) in [4.78, 5) is 24.0. The van der Waals surface area contributed by atoms with E-state index in [1.165, 1.54) is 4.57 Å². The summed E-state index contributed by atoms with van der Waals surface area (Å²) in [6, 6.07) is 6.49. The standard InChI is InChI=1S/C14H12N2O2/c15-14(18)16-11-7-3-1-5-9(11)13(17)10-6-2-4-8-12(10)16/h1,3-5,7-8H,2,6H2,(H2,15,18). The number of para-hydroxylation sites is 1. The van der Waals surface area contributed by atoms with Gasteiger partial charge in [-0.15, -0.1) is 0 Å². The molecular formula is C14H12N2O2. The number of rotatable bonds is 0. The van der Waals surface area contributed by atoms with Crippen LogP contribution in [-0.2, 0) is 6.42 Å². The zero-order chi connectivity index (χ0) is 12.7. The average Bonchev–Trinajstić information content (AvgIpc) is 2.39. The van der Waals surface area contributed by atoms with Crippen molar-refractivity contribution in [1.29, 1.82) is 0 Å². The molecule has 0 bridgehead atoms. The number of benzene rings is 1. The van der Waals surface area contributed by atoms with Crippen LogP contribution >= 0.6 is 0 Å². The largest absolute Gasteiger partial charge is 0.351 e. The molecule has 1 heterocycles. The summed E-state index contributed by atoms with van der Waals surface area (Å²) in [5, 5.41) is 0.547. The zero-order valence-corrected chi connectivity index (χ0v) is 9.72. The van der Waals surface area contributed by atoms with E-state index in [1.54, 1.807) is 30.3 Å². The number of allylic oxidation sites excluding steroid dienone is 1. The molecule has 1 aliphatic carbocycles. The van der Waals surface area contributed by atoms with Gasteiger partial charge in [0.25, 0.3) is 0 Å². The molecular weight excluding hydrogens is 228 g/mol. The van der Waals surface area contributed by atoms with Crippen LogP contribution < -0.4 is 11.2 Å². The number of nitrogens with two attached hydrogens (primary N) is 1. The van der Waals surface area contributed by atoms with Gasteiger partial charge in [-0.05, 0) is 31.1 Å². The fourth-order valence-corrected chi connectivity index (χ4v) is 2.48. The van der Waals surface area contributed by atoms with Gasteiger partial charge >= 0.3 is 6.03 Å². The minimum absolute atomic E-state index is 0.00227. The molecule has 0 fully saturated rings. The quantitative estimate of drug-likeness (QED) is 0.764. The van der Waals surface area contributed by atoms with Gasteiger partial charge in [-0.2, -0.15) is 0 Å². The van der Waals surface area contributed by atoms with Crippen LogP contribution in [0.15, 0.2) is 35.1 Å². The van der Waals surface area contributed by atoms with E-state index in [0.717, 1.165) is 6.42 Å². The van der Waals surface area contributed by atoms with Gasteiger partial charge in [0.1, 0.15) is 0 Å². The molecule has 18 heavy (non-hydrogen) atoms. The lowest BCUT2D eigenvalue weighted by Crippen LogP contribution is -2.28. The lowest BCUT2D eigenvalue weighted by molar-refractivity contribution is 0.251. The van der Waals surface area contributed by atoms with E-state index in [0.29, 0.717) is 28.6 Å². The van der Waals surface area contributed by atoms with E-state index in [9.17, 15) is 9.59 Å². The Balaban J connectivity index is 2.58. The molecule has 2 aromatic rings. The molecule has 1 amide bonds. The smallest absolute Gasteiger partial charge is 0.323 e. The molecule has 3 rings (SSSR count). The Morgan fingerprint density at radius 1 is 1.28 bits per heavy atom. The number of carbonyl (C=O) groups excluding carboxylic acids is 1. The van der Waals surface area contributed by atoms with Crippen molar-refractivity contribution < 1.29 is 4.79 Å². The minimum Gasteiger partial charge on any atom is -0.351 e. The van der Waals surface area contributed by atoms with Crippen LogP contribution in [0.3, 0.4) is 0 Å². The Labute approximate surface area is 103 Å². The van der Waals surface area contributed by atoms with Crippen LogP contribution in [0.1, 0.15) is 17.7 Å². The first-order valence-electron chi connectivity index (χ1n) is 5.83. The second kappa shape index (κ2) is 3.84. The van der Waals surface area contributed by atoms with Gasteiger partial charge in [0.05, 0.1) is 11.2 Å². The van der Waals surface area contributed by atoms with Gasteiger partial charge < -0.3 is 5.73 Å². The third-order valence-corrected chi connectivity index (χ3v) is 3.27. The Kier molecular flexibility index (Phi) is 2.30. The monoisotopic (exact) mass is 240 g/mol. The van der Waals surface area contributed by atoms with Crippen LogP contribution in [0.2, 0.25) is 0 Å². The molecule has 2 N–H and O–H groups in total. The normalized spacial score (nSPS) is 13.6. The molecule has 0 aliphatic heterocycles. The summed E-state index contributed by atoms with van der Waals surface area (Å²) in [5.41, 5.74) is 7.31. The predicted molar refractivity (Wildman–Crippen MR) is 70.5 cm³/mol. The van der Waals surface area contributed by atoms with Crippen molar-refractivity contribution >= 4 is 23.0 Å². The van der Waals surface area contributed by atoms with Gasteiger partial charge in [0.2, 0.25) is 0 Å². The summed E-state index contributed by atoms with van der Waals surface area (Å²) in [7, 11) is 0. The lowest BCUT2D eigenvalue weighted by atomic mass is 9.98. The fraction of sp³-hybridized carbons (Fsp3) is 0.143. The molecule has 4 nitrogen and oxygen atoms in total. The zero-order valence-electron chi connectivity index (χ0n) is 9.72. The SMILES string of the molecule is NC(=O)n1c2c(c(=O)c3ccccc31)CCC=C2. The first-order valence-corrected chi connectivity index (χ1v) is 5.83. The molecule has 1 aromatic heterocycles. The molecule has 0 spiro atoms. The molecule has 0 atom stereocenters. The second-order valence-electron chi connectivity index (χ2n) is 4.32. The maximum Gasteiger partial charge on any atom is 0.323 e. The fourth-order valence-electron chi connectivity index (χ4n) is 2.48. The van der Waals surface area contributed by atoms with Crippen molar-refractivity contribution in [3.63, 3.8) is 0 Å². The van der Waals surface area contributed by atoms with Crippen LogP contribution in [-0.4, -0.2) is 10.6 Å². The van der Waals surface area contributed by atoms with E-state index in [-0.39, 0.29) is 5.43 Å². The maximum absolute atomic E-state index is 12.3. The topological polar surface area (TPSA) is 65.1 Å². The number of fused-ring (bicyclic) bond motifs is 2. The number of hydrogen-bond donors (Lipinski definition) is 1. The Morgan fingerprint density at radius 2 is 2.06 bits per heavy atom. The van der Waals surface area contributed by atoms with Crippen molar-refractivity contribution in [2.24, 2.45) is 5.73 Å². The number of hydrogen-bond acceptors (Lipinski definition) is 2. The Morgan fingerprint density at radius 3 is 2.83 bits per heavy atom. The second-order valence-corrected chi connectivity index (χ2v) is 4.32. The maximum atomic E-state index is 12.3. The summed E-state index contributed by atoms with van der Waals surface area (Å²) < 4.78 is 1.42. The van der Waals surface area contributed by atoms with Gasteiger partial charge in [-0.3, -0.25) is 9.36 Å². The molecule has 0 unspecified atom stereocenters. The molecule has 0 saturated carbocycles. The highest BCUT2D eigenvalue weighted by molar-refractivity contribution is 5.92. The molecule has 90 valence electrons. The number of nitrogens with zero attached hydrogens (tertiary/aromatic N) is 1. The first-order chi connectivity index (χ1) is 8.70. The van der Waals surface area contributed by atoms with E-state index in [2.05, 4.69) is 0 Å². The molecule has 1 aliphatic rings. The first kappa shape index (κ1) is 10.8. The van der Waals surface area contributed by atoms with Crippen molar-refractivity contribution in [3.05, 3.63) is 51.8 Å². The minimum atomic E-state index is -0.561. The Bertz CT molecular complexity index is 741. The molecule has 0 saturated heterocycles. The third kappa shape index (κ3) is 1.39. The number of primary amides is 1. The molecule has 0 radical (unpaired) electrons. The number of carbonyl (C=O) groups is 1. The molecule has 4 heteroatoms. The van der Waals surface area contributed by atoms with Gasteiger partial charge in [0, 0.05) is 10.9 Å². The van der Waals surface area contributed by atoms with Crippen LogP contribution in [0.25, 0.3) is 17.0 Å². The van der Waals surface area contributed by atoms with Gasteiger partial charge in [-0.25, -0.2) is 4.79 Å². The highest BCUT2D eigenvalue weighted by Crippen LogP contribution is 2.21. The van der Waals surface area contributed by atoms with Crippen molar-refractivity contribution in [3.8, 4) is 0 Å². The van der Waals surface area contributed by atoms with E-state index in [1.807, 2.05) is 6.08 Å². The lowest BCUT2D eigenvalue weighted by Gasteiger charge is -2.17. The summed E-state index contributed by atoms with van der Waals surface area (Å²) in [6.07, 6.45) is 5.23. The van der Waals surface area contributed by atoms with Gasteiger partial charge in [-0.1, -0.05) is 18.2 Å². The van der Waals surface area contributed by atoms with E-state index >= 15 is 0 Å². The average molecular weight is 240 g/mol. The highest BCUT2D eigenvalue weighted by Gasteiger charge is 2.18. The number of pyridine rings is 1. The van der Waals surface area contributed by atoms with Crippen molar-refractivity contribution in [1.82, 2.24) is 4.57 Å². The summed E-state index contributed by atoms with van der Waals surface area (Å²) in [6.45, 7) is 0. The summed E-state index contributed by atoms with van der Waals surface area (Å²) in [5.74, 6) is 0. The predicted octanol–water partition coefficient (Wildman–Crippen LogP) is 1.89. The van der Waals surface area contributed by atoms with Gasteiger partial charge in [0.15, 0.2) is 5.43 Å².